The lowest BCUT2D eigenvalue weighted by atomic mass is 10.0. The number of amides is 1. The minimum absolute atomic E-state index is 0.0799. The second kappa shape index (κ2) is 6.46. The van der Waals surface area contributed by atoms with E-state index in [4.69, 9.17) is 4.74 Å². The van der Waals surface area contributed by atoms with Crippen LogP contribution in [0.4, 0.5) is 0 Å². The van der Waals surface area contributed by atoms with Gasteiger partial charge in [0.15, 0.2) is 5.60 Å². The van der Waals surface area contributed by atoms with Gasteiger partial charge in [-0.2, -0.15) is 0 Å². The van der Waals surface area contributed by atoms with Crippen molar-refractivity contribution in [2.45, 2.75) is 19.1 Å². The van der Waals surface area contributed by atoms with Gasteiger partial charge in [-0.25, -0.2) is 4.79 Å². The molecule has 0 aromatic heterocycles. The van der Waals surface area contributed by atoms with Crippen LogP contribution in [0.2, 0.25) is 0 Å². The number of ether oxygens (including phenoxy) is 1. The minimum Gasteiger partial charge on any atom is -0.478 e. The van der Waals surface area contributed by atoms with Crippen molar-refractivity contribution in [1.29, 1.82) is 0 Å². The number of carboxylic acid groups (broad SMARTS) is 1. The molecule has 6 heteroatoms. The van der Waals surface area contributed by atoms with Crippen molar-refractivity contribution in [2.24, 2.45) is 0 Å². The number of aromatic carboxylic acids is 1. The largest absolute Gasteiger partial charge is 0.478 e. The van der Waals surface area contributed by atoms with Crippen LogP contribution in [-0.2, 0) is 16.1 Å². The van der Waals surface area contributed by atoms with E-state index in [0.717, 1.165) is 5.56 Å². The first-order valence-corrected chi connectivity index (χ1v) is 7.23. The van der Waals surface area contributed by atoms with Crippen molar-refractivity contribution in [3.63, 3.8) is 0 Å². The van der Waals surface area contributed by atoms with Crippen LogP contribution in [0.15, 0.2) is 24.3 Å². The first kappa shape index (κ1) is 16.5. The van der Waals surface area contributed by atoms with Crippen LogP contribution in [0.5, 0.6) is 0 Å². The number of carboxylic acids is 1. The van der Waals surface area contributed by atoms with Crippen LogP contribution in [0.1, 0.15) is 22.8 Å². The van der Waals surface area contributed by atoms with Crippen LogP contribution in [-0.4, -0.2) is 66.2 Å². The summed E-state index contributed by atoms with van der Waals surface area (Å²) in [5.41, 5.74) is 0.158. The molecule has 1 aromatic rings. The highest BCUT2D eigenvalue weighted by Gasteiger charge is 2.40. The van der Waals surface area contributed by atoms with Crippen LogP contribution in [0.3, 0.4) is 0 Å². The standard InChI is InChI=1S/C16H22N2O4/c1-16(15(21)17(2)3)11-18(8-9-22-16)10-12-6-4-5-7-13(12)14(19)20/h4-7H,8-11H2,1-3H3,(H,19,20)/t16-/m0/s1. The van der Waals surface area contributed by atoms with Gasteiger partial charge in [-0.1, -0.05) is 18.2 Å². The Labute approximate surface area is 130 Å². The Hall–Kier alpha value is -1.92. The first-order chi connectivity index (χ1) is 10.3. The fraction of sp³-hybridized carbons (Fsp3) is 0.500. The van der Waals surface area contributed by atoms with E-state index >= 15 is 0 Å². The maximum atomic E-state index is 12.3. The fourth-order valence-electron chi connectivity index (χ4n) is 2.80. The van der Waals surface area contributed by atoms with E-state index in [1.807, 2.05) is 12.1 Å². The van der Waals surface area contributed by atoms with Crippen molar-refractivity contribution in [3.8, 4) is 0 Å². The summed E-state index contributed by atoms with van der Waals surface area (Å²) in [5.74, 6) is -1.01. The molecule has 2 rings (SSSR count). The van der Waals surface area contributed by atoms with E-state index in [-0.39, 0.29) is 5.91 Å². The van der Waals surface area contributed by atoms with Gasteiger partial charge < -0.3 is 14.7 Å². The van der Waals surface area contributed by atoms with Crippen LogP contribution < -0.4 is 0 Å². The number of hydrogen-bond donors (Lipinski definition) is 1. The third kappa shape index (κ3) is 3.45. The van der Waals surface area contributed by atoms with Gasteiger partial charge in [0.05, 0.1) is 12.2 Å². The molecule has 6 nitrogen and oxygen atoms in total. The molecule has 1 aromatic carbocycles. The van der Waals surface area contributed by atoms with Gasteiger partial charge in [0.2, 0.25) is 0 Å². The number of carbonyl (C=O) groups excluding carboxylic acids is 1. The molecule has 1 saturated heterocycles. The van der Waals surface area contributed by atoms with Crippen LogP contribution >= 0.6 is 0 Å². The summed E-state index contributed by atoms with van der Waals surface area (Å²) in [5, 5.41) is 9.25. The van der Waals surface area contributed by atoms with E-state index in [2.05, 4.69) is 4.90 Å². The Morgan fingerprint density at radius 2 is 2.05 bits per heavy atom. The predicted molar refractivity (Wildman–Crippen MR) is 81.7 cm³/mol. The van der Waals surface area contributed by atoms with Gasteiger partial charge in [-0.05, 0) is 18.6 Å². The second-order valence-corrected chi connectivity index (χ2v) is 5.95. The third-order valence-electron chi connectivity index (χ3n) is 3.85. The molecule has 0 saturated carbocycles. The molecule has 1 aliphatic heterocycles. The Morgan fingerprint density at radius 1 is 1.36 bits per heavy atom. The topological polar surface area (TPSA) is 70.1 Å². The first-order valence-electron chi connectivity index (χ1n) is 7.23. The number of carbonyl (C=O) groups is 2. The number of rotatable bonds is 4. The second-order valence-electron chi connectivity index (χ2n) is 5.95. The molecule has 1 N–H and O–H groups in total. The molecule has 0 aliphatic carbocycles. The van der Waals surface area contributed by atoms with Gasteiger partial charge in [0, 0.05) is 33.7 Å². The maximum Gasteiger partial charge on any atom is 0.336 e. The zero-order valence-corrected chi connectivity index (χ0v) is 13.2. The van der Waals surface area contributed by atoms with Crippen molar-refractivity contribution < 1.29 is 19.4 Å². The Kier molecular flexibility index (Phi) is 4.83. The van der Waals surface area contributed by atoms with Crippen molar-refractivity contribution in [3.05, 3.63) is 35.4 Å². The summed E-state index contributed by atoms with van der Waals surface area (Å²) in [6.07, 6.45) is 0. The Morgan fingerprint density at radius 3 is 2.68 bits per heavy atom. The van der Waals surface area contributed by atoms with E-state index in [0.29, 0.717) is 31.8 Å². The van der Waals surface area contributed by atoms with Gasteiger partial charge in [-0.3, -0.25) is 9.69 Å². The smallest absolute Gasteiger partial charge is 0.336 e. The molecule has 0 bridgehead atoms. The lowest BCUT2D eigenvalue weighted by molar-refractivity contribution is -0.165. The van der Waals surface area contributed by atoms with Gasteiger partial charge >= 0.3 is 5.97 Å². The molecule has 1 amide bonds. The zero-order valence-electron chi connectivity index (χ0n) is 13.2. The molecule has 120 valence electrons. The summed E-state index contributed by atoms with van der Waals surface area (Å²) in [4.78, 5) is 27.1. The SMILES string of the molecule is CN(C)C(=O)[C@]1(C)CN(Cc2ccccc2C(=O)O)CCO1. The van der Waals surface area contributed by atoms with Crippen molar-refractivity contribution in [1.82, 2.24) is 9.80 Å². The summed E-state index contributed by atoms with van der Waals surface area (Å²) in [7, 11) is 3.41. The number of benzene rings is 1. The van der Waals surface area contributed by atoms with Crippen molar-refractivity contribution in [2.75, 3.05) is 33.8 Å². The average Bonchev–Trinajstić information content (AvgIpc) is 2.46. The van der Waals surface area contributed by atoms with E-state index < -0.39 is 11.6 Å². The molecule has 1 aliphatic rings. The summed E-state index contributed by atoms with van der Waals surface area (Å²) >= 11 is 0. The van der Waals surface area contributed by atoms with Gasteiger partial charge in [0.1, 0.15) is 0 Å². The summed E-state index contributed by atoms with van der Waals surface area (Å²) < 4.78 is 5.68. The van der Waals surface area contributed by atoms with Crippen LogP contribution in [0, 0.1) is 0 Å². The Bertz CT molecular complexity index is 573. The zero-order chi connectivity index (χ0) is 16.3. The lowest BCUT2D eigenvalue weighted by Gasteiger charge is -2.40. The molecule has 0 radical (unpaired) electrons. The van der Waals surface area contributed by atoms with Gasteiger partial charge in [0.25, 0.3) is 5.91 Å². The van der Waals surface area contributed by atoms with E-state index in [1.165, 1.54) is 4.90 Å². The molecule has 1 heterocycles. The Balaban J connectivity index is 2.14. The number of nitrogens with zero attached hydrogens (tertiary/aromatic N) is 2. The highest BCUT2D eigenvalue weighted by atomic mass is 16.5. The van der Waals surface area contributed by atoms with Gasteiger partial charge in [-0.15, -0.1) is 0 Å². The average molecular weight is 306 g/mol. The number of morpholine rings is 1. The molecular formula is C16H22N2O4. The molecule has 1 atom stereocenters. The third-order valence-corrected chi connectivity index (χ3v) is 3.85. The highest BCUT2D eigenvalue weighted by molar-refractivity contribution is 5.89. The number of likely N-dealkylation sites (N-methyl/N-ethyl adjacent to an activating group) is 1. The summed E-state index contributed by atoms with van der Waals surface area (Å²) in [6.45, 7) is 3.83. The maximum absolute atomic E-state index is 12.3. The fourth-order valence-corrected chi connectivity index (χ4v) is 2.80. The highest BCUT2D eigenvalue weighted by Crippen LogP contribution is 2.22. The van der Waals surface area contributed by atoms with E-state index in [9.17, 15) is 14.7 Å². The number of hydrogen-bond acceptors (Lipinski definition) is 4. The molecule has 0 spiro atoms. The minimum atomic E-state index is -0.934. The molecule has 1 fully saturated rings. The predicted octanol–water partition coefficient (Wildman–Crippen LogP) is 1.06. The van der Waals surface area contributed by atoms with Crippen molar-refractivity contribution >= 4 is 11.9 Å². The van der Waals surface area contributed by atoms with Crippen LogP contribution in [0.25, 0.3) is 0 Å². The summed E-state index contributed by atoms with van der Waals surface area (Å²) in [6, 6.07) is 6.95. The molecule has 22 heavy (non-hydrogen) atoms. The molecule has 0 unspecified atom stereocenters. The lowest BCUT2D eigenvalue weighted by Crippen LogP contribution is -2.57. The van der Waals surface area contributed by atoms with E-state index in [1.54, 1.807) is 33.2 Å². The quantitative estimate of drug-likeness (QED) is 0.901. The molecular weight excluding hydrogens is 284 g/mol. The monoisotopic (exact) mass is 306 g/mol. The normalized spacial score (nSPS) is 22.3.